The minimum atomic E-state index is 0.864. The van der Waals surface area contributed by atoms with Crippen LogP contribution in [0.3, 0.4) is 0 Å². The summed E-state index contributed by atoms with van der Waals surface area (Å²) in [6, 6.07) is 26.0. The molecule has 4 aromatic rings. The van der Waals surface area contributed by atoms with Crippen LogP contribution in [0.15, 0.2) is 104 Å². The standard InChI is InChI=1S/C27H26N2/c1-3-4-12-23(17-15-21-10-6-5-7-11-21)29-26-14-9-8-13-24(26)25-19-22(20-28-2)16-18-27(25)29/h3-14,16-19,28H,1,15,20H2,2H3/b12-4-,23-17+. The molecule has 0 aliphatic rings. The monoisotopic (exact) mass is 378 g/mol. The number of aromatic nitrogens is 1. The molecule has 1 N–H and O–H groups in total. The number of benzene rings is 3. The van der Waals surface area contributed by atoms with Crippen LogP contribution in [0.25, 0.3) is 27.5 Å². The summed E-state index contributed by atoms with van der Waals surface area (Å²) < 4.78 is 2.36. The zero-order valence-electron chi connectivity index (χ0n) is 16.8. The van der Waals surface area contributed by atoms with Gasteiger partial charge < -0.3 is 9.88 Å². The Morgan fingerprint density at radius 2 is 1.66 bits per heavy atom. The van der Waals surface area contributed by atoms with Gasteiger partial charge in [-0.05, 0) is 48.9 Å². The van der Waals surface area contributed by atoms with Gasteiger partial charge in [-0.15, -0.1) is 0 Å². The van der Waals surface area contributed by atoms with E-state index in [4.69, 9.17) is 0 Å². The van der Waals surface area contributed by atoms with Gasteiger partial charge in [-0.2, -0.15) is 0 Å². The highest BCUT2D eigenvalue weighted by atomic mass is 15.0. The SMILES string of the molecule is C=C/C=C\C(=C/Cc1ccccc1)n1c2ccccc2c2cc(CNC)ccc21. The molecule has 0 fully saturated rings. The van der Waals surface area contributed by atoms with Crippen molar-refractivity contribution in [1.29, 1.82) is 0 Å². The lowest BCUT2D eigenvalue weighted by Crippen LogP contribution is -2.04. The van der Waals surface area contributed by atoms with Crippen molar-refractivity contribution < 1.29 is 0 Å². The summed E-state index contributed by atoms with van der Waals surface area (Å²) in [4.78, 5) is 0. The minimum absolute atomic E-state index is 0.864. The fourth-order valence-electron chi connectivity index (χ4n) is 3.85. The van der Waals surface area contributed by atoms with Gasteiger partial charge in [0.1, 0.15) is 0 Å². The van der Waals surface area contributed by atoms with E-state index in [-0.39, 0.29) is 0 Å². The molecule has 144 valence electrons. The number of fused-ring (bicyclic) bond motifs is 3. The Labute approximate surface area is 172 Å². The first-order chi connectivity index (χ1) is 14.3. The first-order valence-electron chi connectivity index (χ1n) is 10.0. The van der Waals surface area contributed by atoms with Crippen molar-refractivity contribution in [1.82, 2.24) is 9.88 Å². The van der Waals surface area contributed by atoms with E-state index in [9.17, 15) is 0 Å². The van der Waals surface area contributed by atoms with E-state index in [1.54, 1.807) is 0 Å². The number of nitrogens with one attached hydrogen (secondary N) is 1. The van der Waals surface area contributed by atoms with Gasteiger partial charge in [0.25, 0.3) is 0 Å². The fraction of sp³-hybridized carbons (Fsp3) is 0.111. The highest BCUT2D eigenvalue weighted by Crippen LogP contribution is 2.33. The fourth-order valence-corrected chi connectivity index (χ4v) is 3.85. The van der Waals surface area contributed by atoms with Crippen LogP contribution in [0.4, 0.5) is 0 Å². The zero-order valence-corrected chi connectivity index (χ0v) is 16.8. The van der Waals surface area contributed by atoms with Crippen LogP contribution in [0.2, 0.25) is 0 Å². The zero-order chi connectivity index (χ0) is 20.1. The van der Waals surface area contributed by atoms with Crippen LogP contribution in [-0.2, 0) is 13.0 Å². The Kier molecular flexibility index (Phi) is 5.73. The summed E-state index contributed by atoms with van der Waals surface area (Å²) in [5.74, 6) is 0. The van der Waals surface area contributed by atoms with E-state index in [0.29, 0.717) is 0 Å². The third kappa shape index (κ3) is 3.94. The van der Waals surface area contributed by atoms with Gasteiger partial charge in [0.05, 0.1) is 11.0 Å². The number of allylic oxidation sites excluding steroid dienone is 5. The number of rotatable bonds is 7. The summed E-state index contributed by atoms with van der Waals surface area (Å²) in [7, 11) is 1.98. The molecule has 0 amide bonds. The van der Waals surface area contributed by atoms with Crippen LogP contribution in [-0.4, -0.2) is 11.6 Å². The molecule has 0 saturated carbocycles. The molecule has 1 heterocycles. The molecule has 0 saturated heterocycles. The largest absolute Gasteiger partial charge is 0.316 e. The molecule has 0 bridgehead atoms. The van der Waals surface area contributed by atoms with Gasteiger partial charge >= 0.3 is 0 Å². The lowest BCUT2D eigenvalue weighted by Gasteiger charge is -2.10. The highest BCUT2D eigenvalue weighted by molar-refractivity contribution is 6.10. The lowest BCUT2D eigenvalue weighted by atomic mass is 10.1. The number of nitrogens with zero attached hydrogens (tertiary/aromatic N) is 1. The highest BCUT2D eigenvalue weighted by Gasteiger charge is 2.12. The lowest BCUT2D eigenvalue weighted by molar-refractivity contribution is 0.819. The molecule has 0 unspecified atom stereocenters. The van der Waals surface area contributed by atoms with Crippen molar-refractivity contribution >= 4 is 27.5 Å². The van der Waals surface area contributed by atoms with E-state index in [1.807, 2.05) is 19.2 Å². The van der Waals surface area contributed by atoms with Crippen molar-refractivity contribution in [3.05, 3.63) is 115 Å². The summed E-state index contributed by atoms with van der Waals surface area (Å²) in [6.07, 6.45) is 9.15. The quantitative estimate of drug-likeness (QED) is 0.371. The van der Waals surface area contributed by atoms with Crippen molar-refractivity contribution in [3.8, 4) is 0 Å². The smallest absolute Gasteiger partial charge is 0.0541 e. The molecule has 3 aromatic carbocycles. The maximum Gasteiger partial charge on any atom is 0.0541 e. The average molecular weight is 379 g/mol. The molecule has 4 rings (SSSR count). The summed E-state index contributed by atoms with van der Waals surface area (Å²) in [5.41, 5.74) is 6.19. The summed E-state index contributed by atoms with van der Waals surface area (Å²) in [6.45, 7) is 4.72. The Balaban J connectivity index is 1.92. The van der Waals surface area contributed by atoms with Crippen molar-refractivity contribution in [2.45, 2.75) is 13.0 Å². The first kappa shape index (κ1) is 19.0. The van der Waals surface area contributed by atoms with Gasteiger partial charge in [-0.1, -0.05) is 79.4 Å². The average Bonchev–Trinajstić information content (AvgIpc) is 3.09. The predicted octanol–water partition coefficient (Wildman–Crippen LogP) is 6.34. The molecule has 0 radical (unpaired) electrons. The second-order valence-electron chi connectivity index (χ2n) is 7.15. The van der Waals surface area contributed by atoms with Crippen LogP contribution in [0.1, 0.15) is 11.1 Å². The Morgan fingerprint density at radius 1 is 0.897 bits per heavy atom. The topological polar surface area (TPSA) is 17.0 Å². The molecule has 2 nitrogen and oxygen atoms in total. The van der Waals surface area contributed by atoms with Crippen LogP contribution >= 0.6 is 0 Å². The number of hydrogen-bond donors (Lipinski definition) is 1. The van der Waals surface area contributed by atoms with Crippen molar-refractivity contribution in [3.63, 3.8) is 0 Å². The molecule has 0 aliphatic heterocycles. The summed E-state index contributed by atoms with van der Waals surface area (Å²) in [5, 5.41) is 5.81. The maximum atomic E-state index is 3.86. The van der Waals surface area contributed by atoms with Gasteiger partial charge in [0.2, 0.25) is 0 Å². The van der Waals surface area contributed by atoms with E-state index in [1.165, 1.54) is 32.9 Å². The normalized spacial score (nSPS) is 12.2. The van der Waals surface area contributed by atoms with Gasteiger partial charge in [-0.3, -0.25) is 0 Å². The van der Waals surface area contributed by atoms with E-state index in [2.05, 4.69) is 101 Å². The van der Waals surface area contributed by atoms with E-state index < -0.39 is 0 Å². The van der Waals surface area contributed by atoms with Crippen molar-refractivity contribution in [2.24, 2.45) is 0 Å². The molecule has 0 atom stereocenters. The Hall–Kier alpha value is -3.36. The third-order valence-corrected chi connectivity index (χ3v) is 5.17. The van der Waals surface area contributed by atoms with Crippen LogP contribution in [0.5, 0.6) is 0 Å². The molecule has 1 aromatic heterocycles. The number of para-hydroxylation sites is 1. The molecule has 0 spiro atoms. The van der Waals surface area contributed by atoms with Gasteiger partial charge in [0, 0.05) is 23.0 Å². The van der Waals surface area contributed by atoms with Crippen LogP contribution < -0.4 is 5.32 Å². The van der Waals surface area contributed by atoms with E-state index >= 15 is 0 Å². The van der Waals surface area contributed by atoms with Gasteiger partial charge in [-0.25, -0.2) is 0 Å². The van der Waals surface area contributed by atoms with Gasteiger partial charge in [0.15, 0.2) is 0 Å². The number of hydrogen-bond acceptors (Lipinski definition) is 1. The molecular weight excluding hydrogens is 352 g/mol. The molecule has 2 heteroatoms. The molecular formula is C27H26N2. The Bertz CT molecular complexity index is 1190. The minimum Gasteiger partial charge on any atom is -0.316 e. The maximum absolute atomic E-state index is 3.86. The molecule has 29 heavy (non-hydrogen) atoms. The first-order valence-corrected chi connectivity index (χ1v) is 10.0. The second kappa shape index (κ2) is 8.76. The second-order valence-corrected chi connectivity index (χ2v) is 7.15. The predicted molar refractivity (Wildman–Crippen MR) is 126 cm³/mol. The van der Waals surface area contributed by atoms with E-state index in [0.717, 1.165) is 18.7 Å². The van der Waals surface area contributed by atoms with Crippen molar-refractivity contribution in [2.75, 3.05) is 7.05 Å². The third-order valence-electron chi connectivity index (χ3n) is 5.17. The molecule has 0 aliphatic carbocycles. The Morgan fingerprint density at radius 3 is 2.45 bits per heavy atom. The van der Waals surface area contributed by atoms with Crippen LogP contribution in [0, 0.1) is 0 Å². The summed E-state index contributed by atoms with van der Waals surface area (Å²) >= 11 is 0.